The minimum Gasteiger partial charge on any atom is -0.367 e. The molecule has 2 rings (SSSR count). The van der Waals surface area contributed by atoms with E-state index in [0.29, 0.717) is 12.5 Å². The molecule has 1 aromatic rings. The summed E-state index contributed by atoms with van der Waals surface area (Å²) < 4.78 is 0. The fraction of sp³-hybridized carbons (Fsp3) is 0.562. The third-order valence-corrected chi connectivity index (χ3v) is 3.94. The SMILES string of the molecule is CCc1cccc(C)c1N1CCCCC1CC#N. The Morgan fingerprint density at radius 3 is 2.94 bits per heavy atom. The summed E-state index contributed by atoms with van der Waals surface area (Å²) in [7, 11) is 0. The van der Waals surface area contributed by atoms with Gasteiger partial charge in [-0.05, 0) is 43.7 Å². The zero-order valence-electron chi connectivity index (χ0n) is 11.4. The van der Waals surface area contributed by atoms with Crippen molar-refractivity contribution in [1.29, 1.82) is 5.26 Å². The fourth-order valence-electron chi connectivity index (χ4n) is 3.03. The van der Waals surface area contributed by atoms with E-state index < -0.39 is 0 Å². The van der Waals surface area contributed by atoms with Gasteiger partial charge < -0.3 is 4.90 Å². The van der Waals surface area contributed by atoms with Crippen molar-refractivity contribution < 1.29 is 0 Å². The number of nitrogens with zero attached hydrogens (tertiary/aromatic N) is 2. The molecule has 18 heavy (non-hydrogen) atoms. The number of benzene rings is 1. The summed E-state index contributed by atoms with van der Waals surface area (Å²) in [5.41, 5.74) is 4.15. The molecule has 1 aliphatic rings. The minimum atomic E-state index is 0.412. The smallest absolute Gasteiger partial charge is 0.0643 e. The molecule has 1 unspecified atom stereocenters. The Morgan fingerprint density at radius 2 is 2.22 bits per heavy atom. The van der Waals surface area contributed by atoms with E-state index in [1.165, 1.54) is 29.7 Å². The molecular formula is C16H22N2. The molecule has 1 aliphatic heterocycles. The van der Waals surface area contributed by atoms with Crippen LogP contribution in [0.4, 0.5) is 5.69 Å². The Bertz CT molecular complexity index is 445. The van der Waals surface area contributed by atoms with Gasteiger partial charge >= 0.3 is 0 Å². The summed E-state index contributed by atoms with van der Waals surface area (Å²) in [6.07, 6.45) is 5.38. The van der Waals surface area contributed by atoms with Gasteiger partial charge in [0.25, 0.3) is 0 Å². The monoisotopic (exact) mass is 242 g/mol. The largest absolute Gasteiger partial charge is 0.367 e. The number of piperidine rings is 1. The molecule has 0 aliphatic carbocycles. The number of hydrogen-bond donors (Lipinski definition) is 0. The topological polar surface area (TPSA) is 27.0 Å². The van der Waals surface area contributed by atoms with Crippen LogP contribution in [0.1, 0.15) is 43.7 Å². The van der Waals surface area contributed by atoms with Gasteiger partial charge in [0, 0.05) is 18.3 Å². The van der Waals surface area contributed by atoms with Gasteiger partial charge in [0.1, 0.15) is 0 Å². The van der Waals surface area contributed by atoms with Crippen LogP contribution >= 0.6 is 0 Å². The van der Waals surface area contributed by atoms with Gasteiger partial charge in [-0.1, -0.05) is 25.1 Å². The van der Waals surface area contributed by atoms with Crippen LogP contribution in [0.15, 0.2) is 18.2 Å². The van der Waals surface area contributed by atoms with Gasteiger partial charge in [0.2, 0.25) is 0 Å². The Kier molecular flexibility index (Phi) is 4.25. The Morgan fingerprint density at radius 1 is 1.39 bits per heavy atom. The molecule has 0 amide bonds. The molecule has 0 radical (unpaired) electrons. The second-order valence-corrected chi connectivity index (χ2v) is 5.14. The van der Waals surface area contributed by atoms with Gasteiger partial charge in [0.15, 0.2) is 0 Å². The molecule has 0 N–H and O–H groups in total. The highest BCUT2D eigenvalue weighted by molar-refractivity contribution is 5.60. The maximum atomic E-state index is 9.00. The average Bonchev–Trinajstić information content (AvgIpc) is 2.40. The molecule has 0 saturated carbocycles. The lowest BCUT2D eigenvalue weighted by atomic mass is 9.95. The highest BCUT2D eigenvalue weighted by Gasteiger charge is 2.24. The third-order valence-electron chi connectivity index (χ3n) is 3.94. The zero-order valence-corrected chi connectivity index (χ0v) is 11.4. The first-order chi connectivity index (χ1) is 8.77. The van der Waals surface area contributed by atoms with E-state index >= 15 is 0 Å². The minimum absolute atomic E-state index is 0.412. The number of nitriles is 1. The maximum absolute atomic E-state index is 9.00. The van der Waals surface area contributed by atoms with Gasteiger partial charge in [-0.2, -0.15) is 5.26 Å². The van der Waals surface area contributed by atoms with Crippen molar-refractivity contribution in [3.8, 4) is 6.07 Å². The molecule has 0 bridgehead atoms. The van der Waals surface area contributed by atoms with Crippen molar-refractivity contribution in [3.05, 3.63) is 29.3 Å². The van der Waals surface area contributed by atoms with Crippen LogP contribution in [0, 0.1) is 18.3 Å². The number of aryl methyl sites for hydroxylation is 2. The summed E-state index contributed by atoms with van der Waals surface area (Å²) in [4.78, 5) is 2.49. The quantitative estimate of drug-likeness (QED) is 0.805. The van der Waals surface area contributed by atoms with Crippen LogP contribution in [0.2, 0.25) is 0 Å². The van der Waals surface area contributed by atoms with Crippen molar-refractivity contribution in [2.24, 2.45) is 0 Å². The molecule has 1 atom stereocenters. The molecule has 0 aromatic heterocycles. The molecular weight excluding hydrogens is 220 g/mol. The van der Waals surface area contributed by atoms with E-state index in [9.17, 15) is 0 Å². The molecule has 1 heterocycles. The lowest BCUT2D eigenvalue weighted by Crippen LogP contribution is -2.40. The van der Waals surface area contributed by atoms with Crippen molar-refractivity contribution in [1.82, 2.24) is 0 Å². The number of rotatable bonds is 3. The Labute approximate surface area is 110 Å². The summed E-state index contributed by atoms with van der Waals surface area (Å²) in [5.74, 6) is 0. The van der Waals surface area contributed by atoms with Crippen LogP contribution in [0.5, 0.6) is 0 Å². The highest BCUT2D eigenvalue weighted by Crippen LogP contribution is 2.32. The summed E-state index contributed by atoms with van der Waals surface area (Å²) in [6.45, 7) is 5.50. The van der Waals surface area contributed by atoms with Crippen LogP contribution < -0.4 is 4.90 Å². The molecule has 1 saturated heterocycles. The van der Waals surface area contributed by atoms with Crippen molar-refractivity contribution >= 4 is 5.69 Å². The van der Waals surface area contributed by atoms with E-state index in [1.807, 2.05) is 0 Å². The lowest BCUT2D eigenvalue weighted by Gasteiger charge is -2.38. The highest BCUT2D eigenvalue weighted by atomic mass is 15.2. The van der Waals surface area contributed by atoms with Crippen LogP contribution in [-0.4, -0.2) is 12.6 Å². The van der Waals surface area contributed by atoms with Crippen molar-refractivity contribution in [2.45, 2.75) is 52.0 Å². The predicted octanol–water partition coefficient (Wildman–Crippen LogP) is 3.83. The summed E-state index contributed by atoms with van der Waals surface area (Å²) in [6, 6.07) is 9.31. The summed E-state index contributed by atoms with van der Waals surface area (Å²) in [5, 5.41) is 9.00. The van der Waals surface area contributed by atoms with Gasteiger partial charge in [0.05, 0.1) is 12.5 Å². The van der Waals surface area contributed by atoms with E-state index in [1.54, 1.807) is 0 Å². The first-order valence-electron chi connectivity index (χ1n) is 7.00. The standard InChI is InChI=1S/C16H22N2/c1-3-14-8-6-7-13(2)16(14)18-12-5-4-9-15(18)10-11-17/h6-8,15H,3-5,9-10,12H2,1-2H3. The Hall–Kier alpha value is -1.49. The number of para-hydroxylation sites is 1. The zero-order chi connectivity index (χ0) is 13.0. The van der Waals surface area contributed by atoms with Crippen LogP contribution in [0.25, 0.3) is 0 Å². The second kappa shape index (κ2) is 5.91. The van der Waals surface area contributed by atoms with Crippen LogP contribution in [0.3, 0.4) is 0 Å². The fourth-order valence-corrected chi connectivity index (χ4v) is 3.03. The Balaban J connectivity index is 2.36. The van der Waals surface area contributed by atoms with E-state index in [2.05, 4.69) is 43.0 Å². The molecule has 96 valence electrons. The van der Waals surface area contributed by atoms with Gasteiger partial charge in [-0.25, -0.2) is 0 Å². The first kappa shape index (κ1) is 13.0. The predicted molar refractivity (Wildman–Crippen MR) is 75.8 cm³/mol. The van der Waals surface area contributed by atoms with E-state index in [0.717, 1.165) is 19.4 Å². The third kappa shape index (κ3) is 2.51. The first-order valence-corrected chi connectivity index (χ1v) is 7.00. The van der Waals surface area contributed by atoms with Crippen molar-refractivity contribution in [3.63, 3.8) is 0 Å². The van der Waals surface area contributed by atoms with Crippen molar-refractivity contribution in [2.75, 3.05) is 11.4 Å². The molecule has 1 fully saturated rings. The lowest BCUT2D eigenvalue weighted by molar-refractivity contribution is 0.463. The second-order valence-electron chi connectivity index (χ2n) is 5.14. The average molecular weight is 242 g/mol. The van der Waals surface area contributed by atoms with Gasteiger partial charge in [-0.15, -0.1) is 0 Å². The normalized spacial score (nSPS) is 19.6. The number of anilines is 1. The molecule has 2 nitrogen and oxygen atoms in total. The van der Waals surface area contributed by atoms with E-state index in [-0.39, 0.29) is 0 Å². The molecule has 2 heteroatoms. The van der Waals surface area contributed by atoms with Crippen LogP contribution in [-0.2, 0) is 6.42 Å². The van der Waals surface area contributed by atoms with Gasteiger partial charge in [-0.3, -0.25) is 0 Å². The summed E-state index contributed by atoms with van der Waals surface area (Å²) >= 11 is 0. The number of hydrogen-bond acceptors (Lipinski definition) is 2. The van der Waals surface area contributed by atoms with E-state index in [4.69, 9.17) is 5.26 Å². The molecule has 0 spiro atoms. The maximum Gasteiger partial charge on any atom is 0.0643 e. The molecule has 1 aromatic carbocycles.